The van der Waals surface area contributed by atoms with Gasteiger partial charge in [-0.15, -0.1) is 0 Å². The Bertz CT molecular complexity index is 1910. The van der Waals surface area contributed by atoms with Crippen molar-refractivity contribution in [2.45, 2.75) is 34.4 Å². The second kappa shape index (κ2) is 13.4. The summed E-state index contributed by atoms with van der Waals surface area (Å²) in [6, 6.07) is 12.4. The zero-order valence-electron chi connectivity index (χ0n) is 24.9. The number of aryl methyl sites for hydroxylation is 2. The zero-order valence-corrected chi connectivity index (χ0v) is 23.4. The first-order valence-electron chi connectivity index (χ1n) is 13.7. The van der Waals surface area contributed by atoms with Crippen LogP contribution in [0.3, 0.4) is 0 Å². The molecule has 4 aromatic rings. The maximum atomic E-state index is 9.67. The lowest BCUT2D eigenvalue weighted by Gasteiger charge is -2.09. The lowest BCUT2D eigenvalue weighted by molar-refractivity contribution is 0.274. The van der Waals surface area contributed by atoms with Gasteiger partial charge in [0.25, 0.3) is 0 Å². The molecule has 0 amide bonds. The van der Waals surface area contributed by atoms with E-state index in [-0.39, 0.29) is 34.8 Å². The largest absolute Gasteiger partial charge is 0.491 e. The molecule has 0 radical (unpaired) electrons. The van der Waals surface area contributed by atoms with Gasteiger partial charge in [-0.05, 0) is 72.3 Å². The lowest BCUT2D eigenvalue weighted by atomic mass is 9.80. The van der Waals surface area contributed by atoms with Gasteiger partial charge in [-0.1, -0.05) is 42.8 Å². The minimum absolute atomic E-state index is 0. The summed E-state index contributed by atoms with van der Waals surface area (Å²) in [4.78, 5) is 14.9. The van der Waals surface area contributed by atoms with Gasteiger partial charge in [0.15, 0.2) is 0 Å². The molecule has 6 rings (SSSR count). The van der Waals surface area contributed by atoms with Crippen LogP contribution in [-0.4, -0.2) is 34.3 Å². The third-order valence-electron chi connectivity index (χ3n) is 6.10. The molecule has 0 aliphatic carbocycles. The lowest BCUT2D eigenvalue weighted by Crippen LogP contribution is -2.27. The molecule has 2 aliphatic heterocycles. The topological polar surface area (TPSA) is 112 Å². The fraction of sp³-hybridized carbons (Fsp3) is 0.172. The van der Waals surface area contributed by atoms with Crippen molar-refractivity contribution in [3.05, 3.63) is 104 Å². The molecule has 0 bridgehead atoms. The third kappa shape index (κ3) is 6.93. The number of halogens is 2. The van der Waals surface area contributed by atoms with Gasteiger partial charge in [0.1, 0.15) is 11.5 Å². The molecule has 14 heteroatoms. The minimum Gasteiger partial charge on any atom is -0.438 e. The first-order chi connectivity index (χ1) is 21.3. The number of hydrogen-bond donors (Lipinski definition) is 2. The summed E-state index contributed by atoms with van der Waals surface area (Å²) in [6.07, 6.45) is 0. The van der Waals surface area contributed by atoms with Crippen molar-refractivity contribution in [2.24, 2.45) is 0 Å². The van der Waals surface area contributed by atoms with Gasteiger partial charge in [0.05, 0.1) is 40.4 Å². The van der Waals surface area contributed by atoms with Crippen LogP contribution in [0.25, 0.3) is 9.69 Å². The van der Waals surface area contributed by atoms with Crippen LogP contribution in [0.4, 0.5) is 11.4 Å². The van der Waals surface area contributed by atoms with Crippen LogP contribution < -0.4 is 20.4 Å². The zero-order chi connectivity index (χ0) is 32.6. The number of fused-ring (bicyclic) bond motifs is 2. The molecule has 4 heterocycles. The Morgan fingerprint density at radius 2 is 1.28 bits per heavy atom. The number of aromatic nitrogens is 2. The van der Waals surface area contributed by atoms with E-state index in [4.69, 9.17) is 59.2 Å². The van der Waals surface area contributed by atoms with Gasteiger partial charge in [0.2, 0.25) is 23.1 Å². The molecule has 1 unspecified atom stereocenters. The number of benzene rings is 2. The van der Waals surface area contributed by atoms with E-state index in [1.807, 2.05) is 0 Å². The van der Waals surface area contributed by atoms with E-state index < -0.39 is 27.4 Å². The standard InChI is InChI=1S/2C14H10BClN2O3.CH4/c2*1-8-13(17-2)6-12(16)14(18-8)21-10-3-4-11-9(5-10)7-20-15(11)19;/h2*3-6,19H,7H2,1H3;1H4/i7D2;7D;. The van der Waals surface area contributed by atoms with Crippen LogP contribution in [0, 0.1) is 27.0 Å². The van der Waals surface area contributed by atoms with Crippen molar-refractivity contribution in [1.82, 2.24) is 9.97 Å². The highest BCUT2D eigenvalue weighted by molar-refractivity contribution is 6.62. The number of nitrogens with zero attached hydrogens (tertiary/aromatic N) is 4. The van der Waals surface area contributed by atoms with Gasteiger partial charge >= 0.3 is 14.2 Å². The highest BCUT2D eigenvalue weighted by Gasteiger charge is 2.28. The highest BCUT2D eigenvalue weighted by atomic mass is 35.5. The van der Waals surface area contributed by atoms with Crippen molar-refractivity contribution in [3.8, 4) is 23.3 Å². The molecule has 0 saturated heterocycles. The Morgan fingerprint density at radius 1 is 0.814 bits per heavy atom. The van der Waals surface area contributed by atoms with Gasteiger partial charge in [-0.3, -0.25) is 0 Å². The van der Waals surface area contributed by atoms with E-state index in [0.717, 1.165) is 0 Å². The summed E-state index contributed by atoms with van der Waals surface area (Å²) in [5, 5.41) is 19.7. The van der Waals surface area contributed by atoms with E-state index in [9.17, 15) is 10.0 Å². The monoisotopic (exact) mass is 619 g/mol. The molecule has 1 atom stereocenters. The summed E-state index contributed by atoms with van der Waals surface area (Å²) < 4.78 is 44.3. The average Bonchev–Trinajstić information content (AvgIpc) is 3.41. The summed E-state index contributed by atoms with van der Waals surface area (Å²) >= 11 is 12.1. The quantitative estimate of drug-likeness (QED) is 0.216. The fourth-order valence-electron chi connectivity index (χ4n) is 3.93. The maximum absolute atomic E-state index is 9.67. The van der Waals surface area contributed by atoms with Gasteiger partial charge in [-0.2, -0.15) is 0 Å². The van der Waals surface area contributed by atoms with Crippen LogP contribution in [0.5, 0.6) is 23.3 Å². The summed E-state index contributed by atoms with van der Waals surface area (Å²) in [5.41, 5.74) is 3.33. The molecule has 216 valence electrons. The number of rotatable bonds is 4. The van der Waals surface area contributed by atoms with E-state index in [2.05, 4.69) is 19.7 Å². The molecule has 0 fully saturated rings. The molecule has 2 aromatic heterocycles. The Labute approximate surface area is 263 Å². The Morgan fingerprint density at radius 3 is 1.79 bits per heavy atom. The smallest absolute Gasteiger partial charge is 0.438 e. The second-order valence-electron chi connectivity index (χ2n) is 8.91. The van der Waals surface area contributed by atoms with Gasteiger partial charge in [-0.25, -0.2) is 19.7 Å². The molecule has 0 saturated carbocycles. The van der Waals surface area contributed by atoms with Crippen LogP contribution in [0.15, 0.2) is 48.5 Å². The third-order valence-corrected chi connectivity index (χ3v) is 6.65. The van der Waals surface area contributed by atoms with Crippen LogP contribution in [0.2, 0.25) is 10.0 Å². The van der Waals surface area contributed by atoms with E-state index in [1.165, 1.54) is 24.3 Å². The predicted molar refractivity (Wildman–Crippen MR) is 165 cm³/mol. The minimum atomic E-state index is -2.10. The van der Waals surface area contributed by atoms with Crippen LogP contribution in [-0.2, 0) is 22.5 Å². The first-order valence-corrected chi connectivity index (χ1v) is 12.9. The molecule has 2 N–H and O–H groups in total. The SMILES string of the molecule is C.[2H]C1([2H])OB(O)c2ccc(Oc3nc(C)c([N+]#[C-])cc3Cl)cc21.[2H]C1OB(O)c2ccc(Oc3nc(C)c([N+]#[C-])cc3Cl)cc21. The molecular weight excluding hydrogens is 593 g/mol. The van der Waals surface area contributed by atoms with Crippen LogP contribution in [0.1, 0.15) is 34.1 Å². The predicted octanol–water partition coefficient (Wildman–Crippen LogP) is 5.84. The number of ether oxygens (including phenoxy) is 2. The molecule has 2 aromatic carbocycles. The Kier molecular flexibility index (Phi) is 8.66. The molecule has 43 heavy (non-hydrogen) atoms. The normalized spacial score (nSPS) is 16.6. The Hall–Kier alpha value is -4.13. The maximum Gasteiger partial charge on any atom is 0.491 e. The van der Waals surface area contributed by atoms with E-state index in [0.29, 0.717) is 50.8 Å². The first kappa shape index (κ1) is 27.7. The van der Waals surface area contributed by atoms with E-state index in [1.54, 1.807) is 38.1 Å². The fourth-order valence-corrected chi connectivity index (χ4v) is 4.30. The number of hydrogen-bond acceptors (Lipinski definition) is 8. The molecule has 2 aliphatic rings. The molecule has 10 nitrogen and oxygen atoms in total. The average molecular weight is 620 g/mol. The van der Waals surface area contributed by atoms with Crippen molar-refractivity contribution in [2.75, 3.05) is 0 Å². The van der Waals surface area contributed by atoms with Crippen molar-refractivity contribution < 1.29 is 32.9 Å². The highest BCUT2D eigenvalue weighted by Crippen LogP contribution is 2.34. The summed E-state index contributed by atoms with van der Waals surface area (Å²) in [7, 11) is -2.40. The summed E-state index contributed by atoms with van der Waals surface area (Å²) in [6.45, 7) is 14.4. The van der Waals surface area contributed by atoms with Crippen molar-refractivity contribution in [3.63, 3.8) is 0 Å². The Balaban J connectivity index is 0.000000205. The molecular formula is C29H24B2Cl2N4O6. The second-order valence-corrected chi connectivity index (χ2v) is 9.72. The van der Waals surface area contributed by atoms with E-state index >= 15 is 0 Å². The summed E-state index contributed by atoms with van der Waals surface area (Å²) in [5.74, 6) is 1.04. The van der Waals surface area contributed by atoms with Crippen LogP contribution >= 0.6 is 23.2 Å². The number of pyridine rings is 2. The molecule has 0 spiro atoms. The van der Waals surface area contributed by atoms with Crippen molar-refractivity contribution in [1.29, 1.82) is 0 Å². The van der Waals surface area contributed by atoms with Gasteiger partial charge in [0, 0.05) is 11.4 Å². The van der Waals surface area contributed by atoms with Crippen molar-refractivity contribution >= 4 is 59.7 Å². The van der Waals surface area contributed by atoms with Gasteiger partial charge < -0.3 is 28.8 Å².